The fourth-order valence-corrected chi connectivity index (χ4v) is 15.3. The van der Waals surface area contributed by atoms with Gasteiger partial charge < -0.3 is 98.4 Å². The van der Waals surface area contributed by atoms with E-state index in [9.17, 15) is 68.1 Å². The van der Waals surface area contributed by atoms with Gasteiger partial charge in [0.15, 0.2) is 0 Å². The summed E-state index contributed by atoms with van der Waals surface area (Å²) < 4.78 is 0. The highest BCUT2D eigenvalue weighted by molar-refractivity contribution is 8.00. The molecular weight excluding hydrogens is 1650 g/mol. The van der Waals surface area contributed by atoms with E-state index in [2.05, 4.69) is 52.8 Å². The highest BCUT2D eigenvalue weighted by Crippen LogP contribution is 2.24. The van der Waals surface area contributed by atoms with E-state index in [0.29, 0.717) is 51.6 Å². The number of phenols is 1. The van der Waals surface area contributed by atoms with Crippen molar-refractivity contribution in [2.75, 3.05) is 66.4 Å². The maximum atomic E-state index is 15.5. The summed E-state index contributed by atoms with van der Waals surface area (Å²) in [5, 5.41) is 54.7. The predicted molar refractivity (Wildman–Crippen MR) is 467 cm³/mol. The number of carboxylic acids is 2. The Morgan fingerprint density at radius 2 is 0.960 bits per heavy atom. The molecule has 5 aromatic carbocycles. The van der Waals surface area contributed by atoms with Crippen LogP contribution in [0.25, 0.3) is 10.9 Å². The highest BCUT2D eigenvalue weighted by Gasteiger charge is 2.42. The van der Waals surface area contributed by atoms with E-state index < -0.39 is 223 Å². The number of benzene rings is 5. The molecular formula is C89H116N16O20S. The lowest BCUT2D eigenvalue weighted by molar-refractivity contribution is -0.151. The number of H-pyrrole nitrogens is 1. The molecule has 126 heavy (non-hydrogen) atoms. The summed E-state index contributed by atoms with van der Waals surface area (Å²) in [6, 6.07) is 20.8. The third-order valence-electron chi connectivity index (χ3n) is 21.3. The van der Waals surface area contributed by atoms with Gasteiger partial charge in [0.05, 0.1) is 31.8 Å². The van der Waals surface area contributed by atoms with Gasteiger partial charge in [0, 0.05) is 96.6 Å². The van der Waals surface area contributed by atoms with Gasteiger partial charge in [0.25, 0.3) is 0 Å². The minimum absolute atomic E-state index is 0.0209. The van der Waals surface area contributed by atoms with Crippen molar-refractivity contribution in [2.45, 2.75) is 178 Å². The molecule has 36 nitrogen and oxygen atoms in total. The van der Waals surface area contributed by atoms with Crippen molar-refractivity contribution >= 4 is 123 Å². The molecule has 6 aromatic rings. The Balaban J connectivity index is 1.32. The SMILES string of the molecule is CCCC[C@H]1C(=O)N(C)CC(=O)N[C@@H](CC(=O)O)C(=O)NC(C(C)C)C(=O)N(C)[C@@H](Cc2ccccc2)C(=O)N[C@@H](CCC(=O)O)C(=O)N(C)CC(=O)N[C@@H](Cc2c[nH]c3ccccc23)C(=O)N[C@@H](Cc2ccc(O)cc2)C(=O)N[C@@H](CC(C)C)C(=O)N[C@H](C(=O)NCC(N)=O)CSCC(=O)N[C@@H](Cc2ccccc2)C(=O)N(C)[C@@H](Cc2ccccc2)C(=O)N1C. The molecule has 11 atom stereocenters. The monoisotopic (exact) mass is 1760 g/mol. The van der Waals surface area contributed by atoms with Crippen molar-refractivity contribution in [1.82, 2.24) is 77.3 Å². The summed E-state index contributed by atoms with van der Waals surface area (Å²) in [5.74, 6) is -19.3. The molecule has 1 aliphatic rings. The van der Waals surface area contributed by atoms with Gasteiger partial charge in [0.2, 0.25) is 88.6 Å². The first-order valence-electron chi connectivity index (χ1n) is 41.5. The molecule has 15 N–H and O–H groups in total. The Morgan fingerprint density at radius 1 is 0.476 bits per heavy atom. The number of nitrogens with one attached hydrogen (secondary N) is 10. The molecule has 37 heteroatoms. The number of aromatic nitrogens is 1. The summed E-state index contributed by atoms with van der Waals surface area (Å²) in [7, 11) is 6.35. The lowest BCUT2D eigenvalue weighted by atomic mass is 9.98. The number of fused-ring (bicyclic) bond motifs is 1. The zero-order chi connectivity index (χ0) is 92.6. The number of aliphatic carboxylic acids is 2. The first-order valence-corrected chi connectivity index (χ1v) is 42.7. The van der Waals surface area contributed by atoms with Crippen LogP contribution in [-0.4, -0.2) is 278 Å². The number of carbonyl (C=O) groups excluding carboxylic acids is 15. The van der Waals surface area contributed by atoms with Crippen molar-refractivity contribution in [2.24, 2.45) is 17.6 Å². The third-order valence-corrected chi connectivity index (χ3v) is 22.4. The van der Waals surface area contributed by atoms with Gasteiger partial charge in [0.1, 0.15) is 72.2 Å². The van der Waals surface area contributed by atoms with Gasteiger partial charge in [-0.2, -0.15) is 0 Å². The summed E-state index contributed by atoms with van der Waals surface area (Å²) >= 11 is 0.819. The zero-order valence-corrected chi connectivity index (χ0v) is 73.2. The van der Waals surface area contributed by atoms with Gasteiger partial charge in [-0.15, -0.1) is 11.8 Å². The molecule has 0 radical (unpaired) electrons. The lowest BCUT2D eigenvalue weighted by Gasteiger charge is -2.37. The zero-order valence-electron chi connectivity index (χ0n) is 72.4. The number of nitrogens with two attached hydrogens (primary N) is 1. The Hall–Kier alpha value is -13.2. The summed E-state index contributed by atoms with van der Waals surface area (Å²) in [4.78, 5) is 254. The Labute approximate surface area is 735 Å². The van der Waals surface area contributed by atoms with E-state index >= 15 is 28.8 Å². The van der Waals surface area contributed by atoms with E-state index in [1.54, 1.807) is 135 Å². The Morgan fingerprint density at radius 3 is 1.52 bits per heavy atom. The van der Waals surface area contributed by atoms with Crippen molar-refractivity contribution in [3.63, 3.8) is 0 Å². The molecule has 1 saturated heterocycles. The molecule has 0 saturated carbocycles. The lowest BCUT2D eigenvalue weighted by Crippen LogP contribution is -2.61. The molecule has 1 unspecified atom stereocenters. The predicted octanol–water partition coefficient (Wildman–Crippen LogP) is 1.24. The van der Waals surface area contributed by atoms with E-state index in [0.717, 1.165) is 36.3 Å². The fraction of sp³-hybridized carbons (Fsp3) is 0.449. The van der Waals surface area contributed by atoms with Gasteiger partial charge in [-0.3, -0.25) is 81.5 Å². The number of hydrogen-bond donors (Lipinski definition) is 14. The van der Waals surface area contributed by atoms with Crippen LogP contribution in [0.5, 0.6) is 5.75 Å². The van der Waals surface area contributed by atoms with Gasteiger partial charge in [-0.1, -0.05) is 169 Å². The van der Waals surface area contributed by atoms with E-state index in [-0.39, 0.29) is 56.6 Å². The smallest absolute Gasteiger partial charge is 0.305 e. The molecule has 7 rings (SSSR count). The largest absolute Gasteiger partial charge is 0.508 e. The first-order chi connectivity index (χ1) is 59.8. The number of unbranched alkanes of at least 4 members (excludes halogenated alkanes) is 1. The summed E-state index contributed by atoms with van der Waals surface area (Å²) in [6.07, 6.45) is -1.13. The van der Waals surface area contributed by atoms with Crippen LogP contribution in [0.4, 0.5) is 0 Å². The molecule has 0 bridgehead atoms. The number of hydrogen-bond acceptors (Lipinski definition) is 19. The van der Waals surface area contributed by atoms with Crippen LogP contribution >= 0.6 is 11.8 Å². The topological polar surface area (TPSA) is 517 Å². The van der Waals surface area contributed by atoms with Crippen molar-refractivity contribution < 1.29 is 96.8 Å². The van der Waals surface area contributed by atoms with Crippen LogP contribution < -0.4 is 53.6 Å². The fourth-order valence-electron chi connectivity index (χ4n) is 14.4. The number of aromatic amines is 1. The van der Waals surface area contributed by atoms with Crippen molar-refractivity contribution in [1.29, 1.82) is 0 Å². The molecule has 1 aliphatic heterocycles. The normalized spacial score (nSPS) is 22.1. The second kappa shape index (κ2) is 48.7. The van der Waals surface area contributed by atoms with Gasteiger partial charge in [-0.25, -0.2) is 0 Å². The molecule has 0 aliphatic carbocycles. The maximum absolute atomic E-state index is 15.5. The van der Waals surface area contributed by atoms with Crippen LogP contribution in [0, 0.1) is 11.8 Å². The number of likely N-dealkylation sites (N-methyl/N-ethyl adjacent to an activating group) is 5. The van der Waals surface area contributed by atoms with Gasteiger partial charge >= 0.3 is 11.9 Å². The molecule has 15 amide bonds. The third kappa shape index (κ3) is 30.6. The molecule has 1 fully saturated rings. The highest BCUT2D eigenvalue weighted by atomic mass is 32.2. The van der Waals surface area contributed by atoms with Crippen molar-refractivity contribution in [3.05, 3.63) is 174 Å². The number of primary amides is 1. The number of para-hydroxylation sites is 1. The summed E-state index contributed by atoms with van der Waals surface area (Å²) in [6.45, 7) is 5.98. The minimum Gasteiger partial charge on any atom is -0.508 e. The van der Waals surface area contributed by atoms with E-state index in [1.165, 1.54) is 73.4 Å². The quantitative estimate of drug-likeness (QED) is 0.0405. The summed E-state index contributed by atoms with van der Waals surface area (Å²) in [5.41, 5.74) is 8.57. The number of rotatable bonds is 24. The van der Waals surface area contributed by atoms with Crippen LogP contribution in [0.15, 0.2) is 146 Å². The Kier molecular flexibility index (Phi) is 38.6. The standard InChI is InChI=1S/C89H116N16O20S/c1-11-12-32-69-87(123)102(7)49-74(109)94-66(45-77(113)114)83(119)100-78(53(4)5)89(125)104(9)70(42-55-26-18-14-19-27-55)84(120)96-62(37-38-76(111)112)85(121)101(6)48-73(108)93-65(44-58-46-91-61-31-23-22-30-60(58)61)82(118)98-64(40-57-33-35-59(106)36-34-57)81(117)97-63(39-52(2)3)80(116)99-68(79(115)92-47-72(90)107)50-126-51-75(110)95-67(41-54-24-16-13-17-25-54)86(122)105(10)71(88(124)103(69)8)43-56-28-20-15-21-29-56/h13-31,33-36,46,52-53,62-71,78,91,106H,11-12,32,37-45,47-51H2,1-10H3,(H2,90,107)(H,92,115)(H,93,108)(H,94,109)(H,95,110)(H,96,120)(H,97,117)(H,98,118)(H,99,116)(H,100,119)(H,111,112)(H,113,114)/t62-,63-,64-,65-,66-,67-,68-,69-,70-,71-,78?/m0/s1. The molecule has 678 valence electrons. The average Bonchev–Trinajstić information content (AvgIpc) is 1.79. The molecule has 1 aromatic heterocycles. The number of aromatic hydroxyl groups is 1. The van der Waals surface area contributed by atoms with Crippen LogP contribution in [0.1, 0.15) is 107 Å². The van der Waals surface area contributed by atoms with E-state index in [4.69, 9.17) is 5.73 Å². The number of phenolic OH excluding ortho intramolecular Hbond substituents is 1. The molecule has 0 spiro atoms. The number of carbonyl (C=O) groups is 17. The number of amides is 15. The second-order valence-electron chi connectivity index (χ2n) is 32.1. The number of nitrogens with zero attached hydrogens (tertiary/aromatic N) is 5. The second-order valence-corrected chi connectivity index (χ2v) is 33.2. The maximum Gasteiger partial charge on any atom is 0.305 e. The van der Waals surface area contributed by atoms with Gasteiger partial charge in [-0.05, 0) is 77.1 Å². The number of carboxylic acid groups (broad SMARTS) is 2. The van der Waals surface area contributed by atoms with Crippen molar-refractivity contribution in [3.8, 4) is 5.75 Å². The van der Waals surface area contributed by atoms with Crippen LogP contribution in [0.3, 0.4) is 0 Å². The van der Waals surface area contributed by atoms with E-state index in [1.807, 2.05) is 6.92 Å². The Bertz CT molecular complexity index is 4810. The average molecular weight is 1760 g/mol. The molecule has 2 heterocycles. The number of thioether (sulfide) groups is 1. The minimum atomic E-state index is -1.93. The van der Waals surface area contributed by atoms with Crippen LogP contribution in [-0.2, 0) is 114 Å². The first kappa shape index (κ1) is 99.9. The van der Waals surface area contributed by atoms with Crippen LogP contribution in [0.2, 0.25) is 0 Å².